The summed E-state index contributed by atoms with van der Waals surface area (Å²) in [4.78, 5) is 22.0. The first-order chi connectivity index (χ1) is 15.6. The van der Waals surface area contributed by atoms with Crippen LogP contribution in [-0.2, 0) is 11.2 Å². The standard InChI is InChI=1S/C25H27FN4O2/c1-17-11-12-18-6-2-3-10-22(18)30(17)23(31)16-29-13-5-8-20(15-29)25-27-24(28-32-25)19-7-4-9-21(26)14-19/h2-4,6-7,9-10,14,17,20H,5,8,11-13,15-16H2,1H3. The molecule has 5 rings (SSSR count). The third-order valence-corrected chi connectivity index (χ3v) is 6.53. The molecule has 3 heterocycles. The summed E-state index contributed by atoms with van der Waals surface area (Å²) in [5.41, 5.74) is 2.88. The van der Waals surface area contributed by atoms with Crippen LogP contribution in [0.3, 0.4) is 0 Å². The highest BCUT2D eigenvalue weighted by molar-refractivity contribution is 5.96. The fourth-order valence-corrected chi connectivity index (χ4v) is 4.88. The normalized spacial score (nSPS) is 21.4. The van der Waals surface area contributed by atoms with E-state index in [9.17, 15) is 9.18 Å². The van der Waals surface area contributed by atoms with E-state index in [1.807, 2.05) is 23.1 Å². The van der Waals surface area contributed by atoms with Gasteiger partial charge in [-0.3, -0.25) is 9.69 Å². The molecule has 2 aromatic carbocycles. The minimum absolute atomic E-state index is 0.0671. The summed E-state index contributed by atoms with van der Waals surface area (Å²) >= 11 is 0. The Bertz CT molecular complexity index is 1110. The van der Waals surface area contributed by atoms with Crippen LogP contribution in [0.25, 0.3) is 11.4 Å². The van der Waals surface area contributed by atoms with E-state index < -0.39 is 0 Å². The van der Waals surface area contributed by atoms with Crippen molar-refractivity contribution in [3.8, 4) is 11.4 Å². The Labute approximate surface area is 187 Å². The van der Waals surface area contributed by atoms with Crippen LogP contribution in [-0.4, -0.2) is 46.6 Å². The molecule has 0 bridgehead atoms. The maximum absolute atomic E-state index is 13.5. The summed E-state index contributed by atoms with van der Waals surface area (Å²) < 4.78 is 19.1. The number of rotatable bonds is 4. The maximum atomic E-state index is 13.5. The van der Waals surface area contributed by atoms with E-state index in [0.717, 1.165) is 37.9 Å². The number of amides is 1. The van der Waals surface area contributed by atoms with Crippen LogP contribution in [0, 0.1) is 5.82 Å². The second-order valence-electron chi connectivity index (χ2n) is 8.82. The monoisotopic (exact) mass is 434 g/mol. The minimum Gasteiger partial charge on any atom is -0.339 e. The van der Waals surface area contributed by atoms with Crippen LogP contribution < -0.4 is 4.90 Å². The number of benzene rings is 2. The van der Waals surface area contributed by atoms with Crippen molar-refractivity contribution < 1.29 is 13.7 Å². The van der Waals surface area contributed by atoms with Crippen LogP contribution in [0.2, 0.25) is 0 Å². The van der Waals surface area contributed by atoms with Crippen molar-refractivity contribution in [2.75, 3.05) is 24.5 Å². The lowest BCUT2D eigenvalue weighted by Gasteiger charge is -2.38. The average molecular weight is 435 g/mol. The molecule has 0 N–H and O–H groups in total. The zero-order valence-electron chi connectivity index (χ0n) is 18.2. The predicted octanol–water partition coefficient (Wildman–Crippen LogP) is 4.42. The largest absolute Gasteiger partial charge is 0.339 e. The lowest BCUT2D eigenvalue weighted by molar-refractivity contribution is -0.120. The third kappa shape index (κ3) is 4.17. The summed E-state index contributed by atoms with van der Waals surface area (Å²) in [6, 6.07) is 14.6. The summed E-state index contributed by atoms with van der Waals surface area (Å²) in [7, 11) is 0. The number of carbonyl (C=O) groups is 1. The van der Waals surface area contributed by atoms with Gasteiger partial charge in [-0.1, -0.05) is 35.5 Å². The molecule has 0 spiro atoms. The van der Waals surface area contributed by atoms with Crippen molar-refractivity contribution in [2.45, 2.75) is 44.6 Å². The summed E-state index contributed by atoms with van der Waals surface area (Å²) in [6.45, 7) is 4.07. The van der Waals surface area contributed by atoms with Crippen molar-refractivity contribution in [3.05, 3.63) is 65.8 Å². The molecule has 3 aromatic rings. The SMILES string of the molecule is CC1CCc2ccccc2N1C(=O)CN1CCCC(c2nc(-c3cccc(F)c3)no2)C1. The minimum atomic E-state index is -0.329. The Morgan fingerprint density at radius 2 is 2.06 bits per heavy atom. The van der Waals surface area contributed by atoms with Gasteiger partial charge in [0, 0.05) is 23.8 Å². The van der Waals surface area contributed by atoms with Gasteiger partial charge in [0.05, 0.1) is 12.5 Å². The molecular formula is C25H27FN4O2. The number of anilines is 1. The number of para-hydroxylation sites is 1. The highest BCUT2D eigenvalue weighted by Crippen LogP contribution is 2.32. The van der Waals surface area contributed by atoms with Gasteiger partial charge in [0.15, 0.2) is 0 Å². The molecule has 1 aromatic heterocycles. The average Bonchev–Trinajstić information content (AvgIpc) is 3.29. The van der Waals surface area contributed by atoms with Gasteiger partial charge in [0.25, 0.3) is 0 Å². The quantitative estimate of drug-likeness (QED) is 0.608. The van der Waals surface area contributed by atoms with Crippen molar-refractivity contribution in [1.82, 2.24) is 15.0 Å². The molecule has 7 heteroatoms. The van der Waals surface area contributed by atoms with E-state index in [1.54, 1.807) is 12.1 Å². The first-order valence-corrected chi connectivity index (χ1v) is 11.3. The molecule has 2 aliphatic rings. The Balaban J connectivity index is 1.28. The molecule has 166 valence electrons. The highest BCUT2D eigenvalue weighted by Gasteiger charge is 2.32. The third-order valence-electron chi connectivity index (χ3n) is 6.53. The molecule has 1 amide bonds. The van der Waals surface area contributed by atoms with Crippen LogP contribution >= 0.6 is 0 Å². The zero-order valence-corrected chi connectivity index (χ0v) is 18.2. The molecule has 0 saturated carbocycles. The van der Waals surface area contributed by atoms with E-state index in [-0.39, 0.29) is 23.7 Å². The fourth-order valence-electron chi connectivity index (χ4n) is 4.88. The molecule has 2 unspecified atom stereocenters. The topological polar surface area (TPSA) is 62.5 Å². The molecule has 2 aliphatic heterocycles. The number of hydrogen-bond donors (Lipinski definition) is 0. The first kappa shape index (κ1) is 20.8. The molecule has 0 aliphatic carbocycles. The summed E-state index contributed by atoms with van der Waals surface area (Å²) in [5, 5.41) is 4.05. The number of carbonyl (C=O) groups excluding carboxylic acids is 1. The smallest absolute Gasteiger partial charge is 0.241 e. The van der Waals surface area contributed by atoms with Gasteiger partial charge in [0.2, 0.25) is 17.6 Å². The van der Waals surface area contributed by atoms with Gasteiger partial charge in [-0.2, -0.15) is 4.98 Å². The Morgan fingerprint density at radius 1 is 1.19 bits per heavy atom. The second kappa shape index (κ2) is 8.82. The van der Waals surface area contributed by atoms with Gasteiger partial charge in [-0.15, -0.1) is 0 Å². The summed E-state index contributed by atoms with van der Waals surface area (Å²) in [6.07, 6.45) is 3.88. The van der Waals surface area contributed by atoms with Crippen molar-refractivity contribution in [3.63, 3.8) is 0 Å². The maximum Gasteiger partial charge on any atom is 0.241 e. The molecule has 1 saturated heterocycles. The van der Waals surface area contributed by atoms with Gasteiger partial charge >= 0.3 is 0 Å². The van der Waals surface area contributed by atoms with Crippen molar-refractivity contribution >= 4 is 11.6 Å². The van der Waals surface area contributed by atoms with Crippen LogP contribution in [0.4, 0.5) is 10.1 Å². The number of halogens is 1. The molecule has 1 fully saturated rings. The van der Waals surface area contributed by atoms with E-state index in [4.69, 9.17) is 4.52 Å². The van der Waals surface area contributed by atoms with Crippen LogP contribution in [0.5, 0.6) is 0 Å². The second-order valence-corrected chi connectivity index (χ2v) is 8.82. The van der Waals surface area contributed by atoms with E-state index in [2.05, 4.69) is 28.0 Å². The lowest BCUT2D eigenvalue weighted by atomic mass is 9.96. The number of aromatic nitrogens is 2. The molecule has 2 atom stereocenters. The van der Waals surface area contributed by atoms with Gasteiger partial charge in [-0.25, -0.2) is 4.39 Å². The number of aryl methyl sites for hydroxylation is 1. The van der Waals surface area contributed by atoms with Crippen LogP contribution in [0.1, 0.15) is 43.6 Å². The predicted molar refractivity (Wildman–Crippen MR) is 120 cm³/mol. The number of nitrogens with zero attached hydrogens (tertiary/aromatic N) is 4. The number of hydrogen-bond acceptors (Lipinski definition) is 5. The first-order valence-electron chi connectivity index (χ1n) is 11.3. The molecule has 32 heavy (non-hydrogen) atoms. The number of fused-ring (bicyclic) bond motifs is 1. The van der Waals surface area contributed by atoms with E-state index >= 15 is 0 Å². The van der Waals surface area contributed by atoms with Crippen molar-refractivity contribution in [1.29, 1.82) is 0 Å². The number of piperidine rings is 1. The molecule has 6 nitrogen and oxygen atoms in total. The zero-order chi connectivity index (χ0) is 22.1. The molecule has 0 radical (unpaired) electrons. The number of likely N-dealkylation sites (tertiary alicyclic amines) is 1. The highest BCUT2D eigenvalue weighted by atomic mass is 19.1. The van der Waals surface area contributed by atoms with Gasteiger partial charge in [0.1, 0.15) is 5.82 Å². The van der Waals surface area contributed by atoms with Crippen LogP contribution in [0.15, 0.2) is 53.1 Å². The van der Waals surface area contributed by atoms with Crippen molar-refractivity contribution in [2.24, 2.45) is 0 Å². The van der Waals surface area contributed by atoms with Gasteiger partial charge < -0.3 is 9.42 Å². The Kier molecular flexibility index (Phi) is 5.74. The van der Waals surface area contributed by atoms with E-state index in [0.29, 0.717) is 30.4 Å². The van der Waals surface area contributed by atoms with E-state index in [1.165, 1.54) is 17.7 Å². The fraction of sp³-hybridized carbons (Fsp3) is 0.400. The molecular weight excluding hydrogens is 407 g/mol. The Morgan fingerprint density at radius 3 is 2.94 bits per heavy atom. The Hall–Kier alpha value is -3.06. The van der Waals surface area contributed by atoms with Gasteiger partial charge in [-0.05, 0) is 62.9 Å². The summed E-state index contributed by atoms with van der Waals surface area (Å²) in [5.74, 6) is 0.822. The lowest BCUT2D eigenvalue weighted by Crippen LogP contribution is -2.48.